The Kier molecular flexibility index (Phi) is 6.15. The highest BCUT2D eigenvalue weighted by molar-refractivity contribution is 6.27. The van der Waals surface area contributed by atoms with Crippen molar-refractivity contribution < 1.29 is 14.6 Å². The van der Waals surface area contributed by atoms with Gasteiger partial charge in [0.1, 0.15) is 18.2 Å². The van der Waals surface area contributed by atoms with E-state index in [-0.39, 0.29) is 24.4 Å². The number of alkyl halides is 1. The minimum absolute atomic E-state index is 0.123. The van der Waals surface area contributed by atoms with Crippen molar-refractivity contribution in [1.29, 1.82) is 0 Å². The first kappa shape index (κ1) is 18.3. The summed E-state index contributed by atoms with van der Waals surface area (Å²) in [6.07, 6.45) is 2.39. The molecule has 0 bridgehead atoms. The van der Waals surface area contributed by atoms with E-state index < -0.39 is 0 Å². The molecule has 5 nitrogen and oxygen atoms in total. The molecule has 0 spiro atoms. The number of fused-ring (bicyclic) bond motifs is 1. The zero-order valence-electron chi connectivity index (χ0n) is 14.2. The number of ether oxygens (including phenoxy) is 1. The largest absolute Gasteiger partial charge is 0.489 e. The summed E-state index contributed by atoms with van der Waals surface area (Å²) in [6, 6.07) is 15.5. The molecule has 0 fully saturated rings. The second-order valence-corrected chi connectivity index (χ2v) is 6.35. The average molecular weight is 373 g/mol. The predicted molar refractivity (Wildman–Crippen MR) is 103 cm³/mol. The monoisotopic (exact) mass is 372 g/mol. The second-order valence-electron chi connectivity index (χ2n) is 6.08. The van der Waals surface area contributed by atoms with Gasteiger partial charge in [0.05, 0.1) is 12.6 Å². The van der Waals surface area contributed by atoms with E-state index in [1.807, 2.05) is 54.7 Å². The summed E-state index contributed by atoms with van der Waals surface area (Å²) in [4.78, 5) is 14.7. The fourth-order valence-corrected chi connectivity index (χ4v) is 2.93. The number of benzene rings is 2. The van der Waals surface area contributed by atoms with E-state index in [0.717, 1.165) is 27.8 Å². The van der Waals surface area contributed by atoms with Crippen LogP contribution in [0.4, 0.5) is 0 Å². The Morgan fingerprint density at radius 3 is 2.77 bits per heavy atom. The number of hydrogen-bond acceptors (Lipinski definition) is 3. The van der Waals surface area contributed by atoms with Crippen molar-refractivity contribution in [2.75, 3.05) is 12.5 Å². The molecule has 0 unspecified atom stereocenters. The normalized spacial score (nSPS) is 12.1. The molecule has 1 heterocycles. The summed E-state index contributed by atoms with van der Waals surface area (Å²) in [6.45, 7) is 0.344. The Morgan fingerprint density at radius 1 is 1.23 bits per heavy atom. The van der Waals surface area contributed by atoms with Crippen molar-refractivity contribution in [3.05, 3.63) is 65.9 Å². The Hall–Kier alpha value is -2.50. The van der Waals surface area contributed by atoms with Gasteiger partial charge in [0.25, 0.3) is 0 Å². The number of hydrogen-bond donors (Lipinski definition) is 3. The zero-order chi connectivity index (χ0) is 18.4. The highest BCUT2D eigenvalue weighted by atomic mass is 35.5. The maximum Gasteiger partial charge on any atom is 0.235 e. The lowest BCUT2D eigenvalue weighted by atomic mass is 10.1. The number of carbonyl (C=O) groups is 1. The van der Waals surface area contributed by atoms with Crippen LogP contribution in [0.5, 0.6) is 5.75 Å². The van der Waals surface area contributed by atoms with E-state index in [0.29, 0.717) is 13.0 Å². The average Bonchev–Trinajstić information content (AvgIpc) is 3.08. The first-order chi connectivity index (χ1) is 12.7. The summed E-state index contributed by atoms with van der Waals surface area (Å²) in [5.41, 5.74) is 3.08. The number of amides is 1. The highest BCUT2D eigenvalue weighted by Gasteiger charge is 2.14. The van der Waals surface area contributed by atoms with E-state index in [9.17, 15) is 9.90 Å². The van der Waals surface area contributed by atoms with Crippen LogP contribution < -0.4 is 10.1 Å². The Balaban J connectivity index is 1.74. The van der Waals surface area contributed by atoms with E-state index in [1.54, 1.807) is 0 Å². The van der Waals surface area contributed by atoms with Crippen LogP contribution in [0.2, 0.25) is 0 Å². The Bertz CT molecular complexity index is 864. The van der Waals surface area contributed by atoms with E-state index >= 15 is 0 Å². The van der Waals surface area contributed by atoms with Crippen LogP contribution in [0.15, 0.2) is 54.7 Å². The predicted octanol–water partition coefficient (Wildman–Crippen LogP) is 3.01. The summed E-state index contributed by atoms with van der Waals surface area (Å²) < 4.78 is 5.89. The van der Waals surface area contributed by atoms with Gasteiger partial charge in [-0.2, -0.15) is 0 Å². The molecule has 0 aliphatic carbocycles. The molecular weight excluding hydrogens is 352 g/mol. The van der Waals surface area contributed by atoms with Crippen molar-refractivity contribution in [2.45, 2.75) is 19.1 Å². The minimum atomic E-state index is -0.380. The van der Waals surface area contributed by atoms with Gasteiger partial charge in [0.15, 0.2) is 0 Å². The lowest BCUT2D eigenvalue weighted by Gasteiger charge is -2.15. The van der Waals surface area contributed by atoms with Gasteiger partial charge in [0, 0.05) is 17.1 Å². The molecule has 2 aromatic carbocycles. The van der Waals surface area contributed by atoms with E-state index in [2.05, 4.69) is 10.3 Å². The number of nitrogens with one attached hydrogen (secondary N) is 2. The second kappa shape index (κ2) is 8.74. The van der Waals surface area contributed by atoms with Gasteiger partial charge >= 0.3 is 0 Å². The molecule has 1 atom stereocenters. The minimum Gasteiger partial charge on any atom is -0.489 e. The lowest BCUT2D eigenvalue weighted by molar-refractivity contribution is -0.119. The molecule has 136 valence electrons. The Morgan fingerprint density at radius 2 is 2.04 bits per heavy atom. The number of aliphatic hydroxyl groups excluding tert-OH is 1. The van der Waals surface area contributed by atoms with Crippen LogP contribution in [0.1, 0.15) is 11.1 Å². The number of rotatable bonds is 8. The smallest absolute Gasteiger partial charge is 0.235 e. The highest BCUT2D eigenvalue weighted by Crippen LogP contribution is 2.25. The maximum atomic E-state index is 11.5. The maximum absolute atomic E-state index is 11.5. The first-order valence-electron chi connectivity index (χ1n) is 8.42. The molecule has 3 rings (SSSR count). The van der Waals surface area contributed by atoms with Crippen LogP contribution in [-0.2, 0) is 17.8 Å². The number of halogens is 1. The number of aromatic amines is 1. The molecule has 26 heavy (non-hydrogen) atoms. The third-order valence-corrected chi connectivity index (χ3v) is 4.40. The fraction of sp³-hybridized carbons (Fsp3) is 0.250. The topological polar surface area (TPSA) is 74.4 Å². The van der Waals surface area contributed by atoms with Gasteiger partial charge in [-0.1, -0.05) is 30.3 Å². The van der Waals surface area contributed by atoms with Gasteiger partial charge < -0.3 is 20.1 Å². The fourth-order valence-electron chi connectivity index (χ4n) is 2.85. The Labute approximate surface area is 156 Å². The first-order valence-corrected chi connectivity index (χ1v) is 8.96. The molecule has 1 aromatic heterocycles. The molecule has 3 aromatic rings. The zero-order valence-corrected chi connectivity index (χ0v) is 15.0. The number of aromatic nitrogens is 1. The van der Waals surface area contributed by atoms with Gasteiger partial charge in [-0.15, -0.1) is 11.6 Å². The van der Waals surface area contributed by atoms with E-state index in [1.165, 1.54) is 0 Å². The molecule has 0 radical (unpaired) electrons. The molecular formula is C20H21ClN2O3. The summed E-state index contributed by atoms with van der Waals surface area (Å²) in [7, 11) is 0. The van der Waals surface area contributed by atoms with Crippen LogP contribution in [-0.4, -0.2) is 34.5 Å². The molecule has 0 aliphatic heterocycles. The van der Waals surface area contributed by atoms with Crippen molar-refractivity contribution in [3.8, 4) is 5.75 Å². The van der Waals surface area contributed by atoms with E-state index in [4.69, 9.17) is 16.3 Å². The summed E-state index contributed by atoms with van der Waals surface area (Å²) >= 11 is 5.52. The summed E-state index contributed by atoms with van der Waals surface area (Å²) in [5.74, 6) is 0.354. The molecule has 0 aliphatic rings. The number of carbonyl (C=O) groups excluding carboxylic acids is 1. The standard InChI is InChI=1S/C20H21ClN2O3/c21-10-20(25)23-16(12-24)8-15-11-22-19-7-6-17(9-18(15)19)26-13-14-4-2-1-3-5-14/h1-7,9,11,16,22,24H,8,10,12-13H2,(H,23,25)/t16-/m0/s1. The number of H-pyrrole nitrogens is 1. The van der Waals surface area contributed by atoms with Crippen LogP contribution in [0, 0.1) is 0 Å². The van der Waals surface area contributed by atoms with Crippen molar-refractivity contribution in [1.82, 2.24) is 10.3 Å². The summed E-state index contributed by atoms with van der Waals surface area (Å²) in [5, 5.41) is 13.2. The molecule has 0 saturated heterocycles. The van der Waals surface area contributed by atoms with Crippen LogP contribution >= 0.6 is 11.6 Å². The molecule has 3 N–H and O–H groups in total. The van der Waals surface area contributed by atoms with Crippen molar-refractivity contribution in [3.63, 3.8) is 0 Å². The van der Waals surface area contributed by atoms with Gasteiger partial charge in [-0.05, 0) is 35.7 Å². The molecule has 6 heteroatoms. The lowest BCUT2D eigenvalue weighted by Crippen LogP contribution is -2.39. The third-order valence-electron chi connectivity index (χ3n) is 4.16. The quantitative estimate of drug-likeness (QED) is 0.532. The van der Waals surface area contributed by atoms with Gasteiger partial charge in [0.2, 0.25) is 5.91 Å². The van der Waals surface area contributed by atoms with Crippen LogP contribution in [0.25, 0.3) is 10.9 Å². The van der Waals surface area contributed by atoms with Crippen LogP contribution in [0.3, 0.4) is 0 Å². The third kappa shape index (κ3) is 4.56. The van der Waals surface area contributed by atoms with Gasteiger partial charge in [-0.3, -0.25) is 4.79 Å². The molecule has 1 amide bonds. The van der Waals surface area contributed by atoms with Crippen molar-refractivity contribution >= 4 is 28.4 Å². The SMILES string of the molecule is O=C(CCl)N[C@H](CO)Cc1c[nH]c2ccc(OCc3ccccc3)cc12. The van der Waals surface area contributed by atoms with Gasteiger partial charge in [-0.25, -0.2) is 0 Å². The van der Waals surface area contributed by atoms with Crippen molar-refractivity contribution in [2.24, 2.45) is 0 Å². The number of aliphatic hydroxyl groups is 1. The molecule has 0 saturated carbocycles.